The van der Waals surface area contributed by atoms with Gasteiger partial charge in [-0.15, -0.1) is 0 Å². The SMILES string of the molecule is O=C1NC(=O)/C(=C/C2=IC(c3ccc4ccccc4c3)=CS2)S1. The highest BCUT2D eigenvalue weighted by atomic mass is 127. The summed E-state index contributed by atoms with van der Waals surface area (Å²) in [5.41, 5.74) is 1.25. The minimum absolute atomic E-state index is 0.281. The first kappa shape index (κ1) is 15.2. The number of nitrogens with one attached hydrogen (secondary N) is 1. The summed E-state index contributed by atoms with van der Waals surface area (Å²) in [5, 5.41) is 6.66. The van der Waals surface area contributed by atoms with Crippen molar-refractivity contribution in [2.24, 2.45) is 0 Å². The van der Waals surface area contributed by atoms with E-state index in [2.05, 4.69) is 41.1 Å². The monoisotopic (exact) mass is 451 g/mol. The summed E-state index contributed by atoms with van der Waals surface area (Å²) >= 11 is 2.33. The van der Waals surface area contributed by atoms with E-state index in [1.165, 1.54) is 22.8 Å². The molecule has 3 nitrogen and oxygen atoms in total. The van der Waals surface area contributed by atoms with Gasteiger partial charge in [-0.05, 0) is 45.6 Å². The van der Waals surface area contributed by atoms with Crippen molar-refractivity contribution in [2.75, 3.05) is 0 Å². The Morgan fingerprint density at radius 2 is 1.87 bits per heavy atom. The number of carbonyl (C=O) groups is 2. The van der Waals surface area contributed by atoms with Crippen LogP contribution < -0.4 is 5.32 Å². The molecule has 1 saturated heterocycles. The van der Waals surface area contributed by atoms with Crippen molar-refractivity contribution in [3.63, 3.8) is 0 Å². The predicted molar refractivity (Wildman–Crippen MR) is 108 cm³/mol. The van der Waals surface area contributed by atoms with E-state index in [1.807, 2.05) is 18.2 Å². The number of rotatable bonds is 2. The van der Waals surface area contributed by atoms with E-state index in [0.717, 1.165) is 11.8 Å². The molecule has 0 radical (unpaired) electrons. The highest BCUT2D eigenvalue weighted by Gasteiger charge is 2.25. The number of thioether (sulfide) groups is 2. The number of carbonyl (C=O) groups excluding carboxylic acids is 2. The molecule has 0 unspecified atom stereocenters. The molecule has 2 aliphatic rings. The molecule has 23 heavy (non-hydrogen) atoms. The largest absolute Gasteiger partial charge is 0.290 e. The molecular weight excluding hydrogens is 441 g/mol. The van der Waals surface area contributed by atoms with Gasteiger partial charge in [0.15, 0.2) is 0 Å². The Hall–Kier alpha value is -1.38. The Morgan fingerprint density at radius 1 is 1.04 bits per heavy atom. The fourth-order valence-electron chi connectivity index (χ4n) is 2.30. The molecule has 0 aliphatic carbocycles. The highest BCUT2D eigenvalue weighted by molar-refractivity contribution is 14.2. The zero-order chi connectivity index (χ0) is 15.8. The summed E-state index contributed by atoms with van der Waals surface area (Å²) in [6.45, 7) is 0. The molecule has 2 aromatic carbocycles. The number of imide groups is 1. The lowest BCUT2D eigenvalue weighted by molar-refractivity contribution is -0.115. The third kappa shape index (κ3) is 3.15. The van der Waals surface area contributed by atoms with Crippen molar-refractivity contribution in [3.8, 4) is 0 Å². The fraction of sp³-hybridized carbons (Fsp3) is 0. The van der Waals surface area contributed by atoms with E-state index in [1.54, 1.807) is 11.8 Å². The van der Waals surface area contributed by atoms with Crippen LogP contribution in [0.25, 0.3) is 14.4 Å². The molecule has 1 fully saturated rings. The van der Waals surface area contributed by atoms with Crippen molar-refractivity contribution in [1.82, 2.24) is 5.32 Å². The number of hydrogen-bond acceptors (Lipinski definition) is 4. The van der Waals surface area contributed by atoms with E-state index in [9.17, 15) is 9.59 Å². The molecule has 2 aromatic rings. The average molecular weight is 451 g/mol. The molecule has 1 N–H and O–H groups in total. The minimum Gasteiger partial charge on any atom is -0.282 e. The molecule has 0 atom stereocenters. The molecule has 0 saturated carbocycles. The molecule has 0 spiro atoms. The minimum atomic E-state index is -0.317. The standard InChI is InChI=1S/C17H10INO2S2/c20-16-14(23-17(21)19-16)8-15-18-13(9-22-15)12-6-5-10-3-1-2-4-11(10)7-12/h1-9H,(H,19,20,21)/b14-8-. The molecule has 0 aromatic heterocycles. The summed E-state index contributed by atoms with van der Waals surface area (Å²) < 4.78 is 2.54. The van der Waals surface area contributed by atoms with E-state index >= 15 is 0 Å². The molecule has 0 bridgehead atoms. The van der Waals surface area contributed by atoms with Gasteiger partial charge in [-0.1, -0.05) is 68.9 Å². The van der Waals surface area contributed by atoms with Crippen LogP contribution in [0.2, 0.25) is 0 Å². The van der Waals surface area contributed by atoms with Crippen molar-refractivity contribution in [1.29, 1.82) is 0 Å². The lowest BCUT2D eigenvalue weighted by Gasteiger charge is -2.02. The third-order valence-corrected chi connectivity index (χ3v) is 8.95. The maximum Gasteiger partial charge on any atom is 0.290 e. The zero-order valence-electron chi connectivity index (χ0n) is 11.7. The number of benzene rings is 2. The zero-order valence-corrected chi connectivity index (χ0v) is 15.5. The quantitative estimate of drug-likeness (QED) is 0.524. The maximum absolute atomic E-state index is 11.6. The van der Waals surface area contributed by atoms with Gasteiger partial charge in [0.05, 0.1) is 4.91 Å². The Morgan fingerprint density at radius 3 is 2.65 bits per heavy atom. The molecular formula is C17H10INO2S2. The van der Waals surface area contributed by atoms with E-state index in [-0.39, 0.29) is 31.9 Å². The Bertz CT molecular complexity index is 947. The van der Waals surface area contributed by atoms with Crippen LogP contribution in [-0.4, -0.2) is 14.0 Å². The normalized spacial score (nSPS) is 19.6. The number of fused-ring (bicyclic) bond motifs is 1. The van der Waals surface area contributed by atoms with Gasteiger partial charge in [-0.2, -0.15) is 0 Å². The highest BCUT2D eigenvalue weighted by Crippen LogP contribution is 2.41. The van der Waals surface area contributed by atoms with Crippen LogP contribution in [0.4, 0.5) is 4.79 Å². The molecule has 114 valence electrons. The van der Waals surface area contributed by atoms with Crippen molar-refractivity contribution < 1.29 is 9.59 Å². The molecule has 2 aliphatic heterocycles. The van der Waals surface area contributed by atoms with Crippen LogP contribution in [0.5, 0.6) is 0 Å². The summed E-state index contributed by atoms with van der Waals surface area (Å²) in [6.07, 6.45) is 1.87. The average Bonchev–Trinajstić information content (AvgIpc) is 3.14. The first-order valence-electron chi connectivity index (χ1n) is 6.82. The van der Waals surface area contributed by atoms with Gasteiger partial charge in [-0.25, -0.2) is 0 Å². The van der Waals surface area contributed by atoms with Crippen LogP contribution in [0.15, 0.2) is 58.9 Å². The van der Waals surface area contributed by atoms with Crippen LogP contribution in [0, 0.1) is 0 Å². The number of amides is 2. The third-order valence-electron chi connectivity index (χ3n) is 3.38. The molecule has 4 rings (SSSR count). The van der Waals surface area contributed by atoms with Gasteiger partial charge < -0.3 is 0 Å². The van der Waals surface area contributed by atoms with Crippen LogP contribution in [0.1, 0.15) is 5.56 Å². The van der Waals surface area contributed by atoms with Crippen molar-refractivity contribution >= 4 is 72.6 Å². The smallest absolute Gasteiger partial charge is 0.282 e. The second kappa shape index (κ2) is 6.26. The van der Waals surface area contributed by atoms with Crippen LogP contribution >= 0.6 is 44.3 Å². The van der Waals surface area contributed by atoms with Crippen LogP contribution in [0.3, 0.4) is 0 Å². The van der Waals surface area contributed by atoms with Crippen molar-refractivity contribution in [3.05, 3.63) is 64.4 Å². The summed E-state index contributed by atoms with van der Waals surface area (Å²) in [6, 6.07) is 14.9. The molecule has 2 heterocycles. The Kier molecular flexibility index (Phi) is 4.13. The summed E-state index contributed by atoms with van der Waals surface area (Å²) in [4.78, 5) is 23.3. The van der Waals surface area contributed by atoms with Crippen LogP contribution in [-0.2, 0) is 4.79 Å². The van der Waals surface area contributed by atoms with E-state index in [4.69, 9.17) is 0 Å². The lowest BCUT2D eigenvalue weighted by Crippen LogP contribution is -2.18. The van der Waals surface area contributed by atoms with Gasteiger partial charge in [0, 0.05) is 6.42 Å². The topological polar surface area (TPSA) is 46.2 Å². The molecule has 6 heteroatoms. The first-order chi connectivity index (χ1) is 11.2. The summed E-state index contributed by atoms with van der Waals surface area (Å²) in [5.74, 6) is -0.281. The molecule has 2 amide bonds. The second-order valence-corrected chi connectivity index (χ2v) is 10.4. The Labute approximate surface area is 151 Å². The van der Waals surface area contributed by atoms with Gasteiger partial charge in [0.25, 0.3) is 11.1 Å². The maximum atomic E-state index is 11.6. The van der Waals surface area contributed by atoms with Crippen molar-refractivity contribution in [2.45, 2.75) is 0 Å². The van der Waals surface area contributed by atoms with E-state index in [0.29, 0.717) is 4.91 Å². The van der Waals surface area contributed by atoms with Gasteiger partial charge in [0.2, 0.25) is 0 Å². The Balaban J connectivity index is 1.63. The second-order valence-electron chi connectivity index (χ2n) is 4.90. The number of halogens is 1. The van der Waals surface area contributed by atoms with E-state index < -0.39 is 0 Å². The first-order valence-corrected chi connectivity index (χ1v) is 10.7. The summed E-state index contributed by atoms with van der Waals surface area (Å²) in [7, 11) is 0. The van der Waals surface area contributed by atoms with Gasteiger partial charge in [-0.3, -0.25) is 14.9 Å². The van der Waals surface area contributed by atoms with Gasteiger partial charge >= 0.3 is 0 Å². The van der Waals surface area contributed by atoms with Gasteiger partial charge in [0.1, 0.15) is 0 Å². The fourth-order valence-corrected chi connectivity index (χ4v) is 7.65. The predicted octanol–water partition coefficient (Wildman–Crippen LogP) is 4.85. The number of hydrogen-bond donors (Lipinski definition) is 1. The lowest BCUT2D eigenvalue weighted by atomic mass is 10.1.